The summed E-state index contributed by atoms with van der Waals surface area (Å²) in [7, 11) is 0.0200. The van der Waals surface area contributed by atoms with Crippen LogP contribution >= 0.6 is 0 Å². The van der Waals surface area contributed by atoms with E-state index in [1.807, 2.05) is 6.92 Å². The van der Waals surface area contributed by atoms with Crippen LogP contribution in [0.2, 0.25) is 0 Å². The van der Waals surface area contributed by atoms with Crippen molar-refractivity contribution in [3.05, 3.63) is 52.5 Å². The number of carbonyl (C=O) groups is 2. The van der Waals surface area contributed by atoms with Gasteiger partial charge in [-0.1, -0.05) is 147 Å². The number of allylic oxidation sites excluding steroid dienone is 2. The molecule has 2 heterocycles. The molecule has 0 aromatic heterocycles. The second-order valence-corrected chi connectivity index (χ2v) is 20.2. The topological polar surface area (TPSA) is 133 Å². The predicted molar refractivity (Wildman–Crippen MR) is 251 cm³/mol. The molecule has 4 rings (SSSR count). The summed E-state index contributed by atoms with van der Waals surface area (Å²) in [5.74, 6) is -0.963. The molecule has 2 saturated heterocycles. The number of ether oxygens (including phenoxy) is 6. The smallest absolute Gasteiger partial charge is 0.297 e. The lowest BCUT2D eigenvalue weighted by Gasteiger charge is -2.26. The molecule has 2 aliphatic heterocycles. The highest BCUT2D eigenvalue weighted by Gasteiger charge is 2.42. The number of ketones is 2. The van der Waals surface area contributed by atoms with Gasteiger partial charge in [0.1, 0.15) is 12.9 Å². The van der Waals surface area contributed by atoms with E-state index in [4.69, 9.17) is 32.6 Å². The molecule has 364 valence electrons. The van der Waals surface area contributed by atoms with Crippen molar-refractivity contribution >= 4 is 21.7 Å². The third kappa shape index (κ3) is 16.9. The molecule has 11 nitrogen and oxygen atoms in total. The first-order chi connectivity index (χ1) is 30.9. The number of hydrogen-bond donors (Lipinski definition) is 0. The van der Waals surface area contributed by atoms with E-state index in [0.29, 0.717) is 18.4 Å². The zero-order valence-electron chi connectivity index (χ0n) is 40.6. The Labute approximate surface area is 387 Å². The average Bonchev–Trinajstić information content (AvgIpc) is 3.98. The van der Waals surface area contributed by atoms with E-state index in [0.717, 1.165) is 82.6 Å². The molecule has 12 heteroatoms. The molecular formula is C52H84O11S. The molecule has 3 aliphatic rings. The van der Waals surface area contributed by atoms with Gasteiger partial charge in [-0.3, -0.25) is 13.8 Å². The Morgan fingerprint density at radius 3 is 1.66 bits per heavy atom. The largest absolute Gasteiger partial charge is 0.489 e. The van der Waals surface area contributed by atoms with E-state index in [1.165, 1.54) is 104 Å². The standard InChI is InChI=1S/C52H84O11S/c1-8-9-10-11-12-17-20-23-26-39(3)42-33-34-45(61-42)46-36-35-44(62-46)43(60-37-57-5)27-24-21-18-15-13-14-16-19-22-25-28-47(63-64(55,56)41-31-29-38(2)30-32-41)48-40(4)49(53)51(58-6)52(59-7)50(48)54/h29-32,39,42-47H,8-28,33-37H2,1-7H3/t39-,42-,43?,44-,45-,46-,47?/m0/s1. The number of unbranched alkanes of at least 4 members (excludes halogenated alkanes) is 16. The van der Waals surface area contributed by atoms with E-state index in [2.05, 4.69) is 13.8 Å². The highest BCUT2D eigenvalue weighted by atomic mass is 32.2. The third-order valence-electron chi connectivity index (χ3n) is 13.6. The van der Waals surface area contributed by atoms with E-state index in [1.54, 1.807) is 19.2 Å². The van der Waals surface area contributed by atoms with Crippen molar-refractivity contribution in [1.82, 2.24) is 0 Å². The van der Waals surface area contributed by atoms with Crippen molar-refractivity contribution in [2.24, 2.45) is 5.92 Å². The minimum atomic E-state index is -4.24. The monoisotopic (exact) mass is 917 g/mol. The Hall–Kier alpha value is -2.61. The minimum Gasteiger partial charge on any atom is -0.489 e. The zero-order chi connectivity index (χ0) is 46.3. The lowest BCUT2D eigenvalue weighted by molar-refractivity contribution is -0.143. The van der Waals surface area contributed by atoms with E-state index < -0.39 is 27.8 Å². The molecule has 1 aromatic carbocycles. The molecule has 2 unspecified atom stereocenters. The molecule has 0 bridgehead atoms. The van der Waals surface area contributed by atoms with Crippen LogP contribution in [0.3, 0.4) is 0 Å². The highest BCUT2D eigenvalue weighted by molar-refractivity contribution is 7.86. The second kappa shape index (κ2) is 29.2. The van der Waals surface area contributed by atoms with Crippen LogP contribution in [0.1, 0.15) is 187 Å². The van der Waals surface area contributed by atoms with E-state index in [-0.39, 0.29) is 65.2 Å². The van der Waals surface area contributed by atoms with E-state index >= 15 is 0 Å². The summed E-state index contributed by atoms with van der Waals surface area (Å²) in [6.45, 7) is 8.31. The van der Waals surface area contributed by atoms with Gasteiger partial charge in [0, 0.05) is 18.3 Å². The summed E-state index contributed by atoms with van der Waals surface area (Å²) >= 11 is 0. The number of rotatable bonds is 34. The Morgan fingerprint density at radius 2 is 1.11 bits per heavy atom. The van der Waals surface area contributed by atoms with Gasteiger partial charge in [0.05, 0.1) is 49.6 Å². The fourth-order valence-corrected chi connectivity index (χ4v) is 10.8. The van der Waals surface area contributed by atoms with Gasteiger partial charge in [-0.2, -0.15) is 8.42 Å². The van der Waals surface area contributed by atoms with E-state index in [9.17, 15) is 18.0 Å². The summed E-state index contributed by atoms with van der Waals surface area (Å²) in [5.41, 5.74) is 0.999. The molecule has 0 N–H and O–H groups in total. The van der Waals surface area contributed by atoms with Crippen LogP contribution in [0.4, 0.5) is 0 Å². The fourth-order valence-electron chi connectivity index (χ4n) is 9.73. The van der Waals surface area contributed by atoms with Crippen LogP contribution in [0.15, 0.2) is 51.8 Å². The Morgan fingerprint density at radius 1 is 0.625 bits per heavy atom. The second-order valence-electron chi connectivity index (χ2n) is 18.7. The summed E-state index contributed by atoms with van der Waals surface area (Å²) in [6, 6.07) is 6.34. The molecule has 0 radical (unpaired) electrons. The summed E-state index contributed by atoms with van der Waals surface area (Å²) in [6.07, 6.45) is 27.8. The molecule has 2 fully saturated rings. The maximum absolute atomic E-state index is 13.6. The number of aryl methyl sites for hydroxylation is 1. The van der Waals surface area contributed by atoms with Gasteiger partial charge in [-0.15, -0.1) is 0 Å². The molecule has 0 amide bonds. The molecule has 0 spiro atoms. The molecule has 7 atom stereocenters. The number of Topliss-reactive ketones (excluding diaryl/α,β-unsaturated/α-hetero) is 2. The lowest BCUT2D eigenvalue weighted by atomic mass is 9.87. The van der Waals surface area contributed by atoms with Gasteiger partial charge in [0.15, 0.2) is 0 Å². The Kier molecular flexibility index (Phi) is 24.6. The van der Waals surface area contributed by atoms with Gasteiger partial charge in [0.25, 0.3) is 10.1 Å². The van der Waals surface area contributed by atoms with Crippen molar-refractivity contribution in [2.45, 2.75) is 230 Å². The van der Waals surface area contributed by atoms with Gasteiger partial charge in [-0.05, 0) is 76.8 Å². The van der Waals surface area contributed by atoms with Gasteiger partial charge in [0.2, 0.25) is 23.1 Å². The third-order valence-corrected chi connectivity index (χ3v) is 15.0. The molecule has 1 aromatic rings. The van der Waals surface area contributed by atoms with Gasteiger partial charge in [-0.25, -0.2) is 0 Å². The lowest BCUT2D eigenvalue weighted by Crippen LogP contribution is -2.33. The van der Waals surface area contributed by atoms with Crippen molar-refractivity contribution < 1.29 is 50.6 Å². The molecule has 0 saturated carbocycles. The first-order valence-electron chi connectivity index (χ1n) is 25.0. The van der Waals surface area contributed by atoms with Crippen LogP contribution in [0.25, 0.3) is 0 Å². The predicted octanol–water partition coefficient (Wildman–Crippen LogP) is 12.0. The highest BCUT2D eigenvalue weighted by Crippen LogP contribution is 2.37. The maximum Gasteiger partial charge on any atom is 0.297 e. The van der Waals surface area contributed by atoms with Crippen molar-refractivity contribution in [1.29, 1.82) is 0 Å². The van der Waals surface area contributed by atoms with Gasteiger partial charge < -0.3 is 28.4 Å². The molecule has 1 aliphatic carbocycles. The maximum atomic E-state index is 13.6. The van der Waals surface area contributed by atoms with Crippen LogP contribution in [-0.2, 0) is 52.3 Å². The first kappa shape index (κ1) is 54.0. The number of carbonyl (C=O) groups excluding carboxylic acids is 2. The summed E-state index contributed by atoms with van der Waals surface area (Å²) in [5, 5.41) is 0. The van der Waals surface area contributed by atoms with Crippen molar-refractivity contribution in [2.75, 3.05) is 28.1 Å². The molecular weight excluding hydrogens is 833 g/mol. The average molecular weight is 917 g/mol. The van der Waals surface area contributed by atoms with Crippen LogP contribution in [-0.4, -0.2) is 84.7 Å². The zero-order valence-corrected chi connectivity index (χ0v) is 41.5. The van der Waals surface area contributed by atoms with Crippen molar-refractivity contribution in [3.63, 3.8) is 0 Å². The summed E-state index contributed by atoms with van der Waals surface area (Å²) < 4.78 is 67.9. The van der Waals surface area contributed by atoms with Crippen LogP contribution < -0.4 is 0 Å². The minimum absolute atomic E-state index is 0.00374. The Bertz CT molecular complexity index is 1700. The normalized spacial score (nSPS) is 22.1. The number of hydrogen-bond acceptors (Lipinski definition) is 11. The number of methoxy groups -OCH3 is 3. The van der Waals surface area contributed by atoms with Gasteiger partial charge >= 0.3 is 0 Å². The molecule has 64 heavy (non-hydrogen) atoms. The quantitative estimate of drug-likeness (QED) is 0.0283. The fraction of sp³-hybridized carbons (Fsp3) is 0.769. The van der Waals surface area contributed by atoms with Crippen LogP contribution in [0, 0.1) is 12.8 Å². The van der Waals surface area contributed by atoms with Crippen molar-refractivity contribution in [3.8, 4) is 0 Å². The first-order valence-corrected chi connectivity index (χ1v) is 26.4. The Balaban J connectivity index is 1.12. The summed E-state index contributed by atoms with van der Waals surface area (Å²) in [4.78, 5) is 26.8. The number of benzene rings is 1. The van der Waals surface area contributed by atoms with Crippen LogP contribution in [0.5, 0.6) is 0 Å². The SMILES string of the molecule is CCCCCCCCCC[C@H](C)[C@@H]1CC[C@@H]([C@@H]2CC[C@@H](C(CCCCCCCCCCCCC(OS(=O)(=O)c3ccc(C)cc3)C3=C(C)C(=O)C(OC)=C(OC)C3=O)OCOC)O2)O1.